The molecule has 0 amide bonds. The maximum Gasteiger partial charge on any atom is 0.0540 e. The van der Waals surface area contributed by atoms with Crippen molar-refractivity contribution in [1.82, 2.24) is 0 Å². The molecule has 1 aliphatic heterocycles. The smallest absolute Gasteiger partial charge is 0.0540 e. The molecule has 2 heteroatoms. The molecule has 1 heterocycles. The number of rotatable bonds is 5. The van der Waals surface area contributed by atoms with E-state index in [0.717, 1.165) is 17.9 Å². The van der Waals surface area contributed by atoms with Gasteiger partial charge >= 0.3 is 0 Å². The van der Waals surface area contributed by atoms with Crippen LogP contribution in [0.25, 0.3) is 72.1 Å². The van der Waals surface area contributed by atoms with Gasteiger partial charge in [-0.1, -0.05) is 140 Å². The summed E-state index contributed by atoms with van der Waals surface area (Å²) < 4.78 is 0. The van der Waals surface area contributed by atoms with E-state index >= 15 is 0 Å². The summed E-state index contributed by atoms with van der Waals surface area (Å²) in [5.74, 6) is 0. The zero-order chi connectivity index (χ0) is 32.3. The fraction of sp³-hybridized carbons (Fsp3) is 0.0213. The second kappa shape index (κ2) is 11.1. The minimum absolute atomic E-state index is 0.856. The average molecular weight is 625 g/mol. The first-order chi connectivity index (χ1) is 24.3. The SMILES string of the molecule is C1=Cc2cc(N(c3ccccc3)c3ccc4c5c(cccc35)-c3c-4c(-c4ccccc4)c4ccccc4c3-c3ccccc3)ccc2NC1. The van der Waals surface area contributed by atoms with Gasteiger partial charge in [-0.05, 0) is 103 Å². The molecular formula is C47H32N2. The molecule has 2 nitrogen and oxygen atoms in total. The lowest BCUT2D eigenvalue weighted by Gasteiger charge is -2.28. The minimum atomic E-state index is 0.856. The third-order valence-corrected chi connectivity index (χ3v) is 10.2. The molecule has 0 bridgehead atoms. The molecule has 0 radical (unpaired) electrons. The second-order valence-corrected chi connectivity index (χ2v) is 12.9. The highest BCUT2D eigenvalue weighted by Gasteiger charge is 2.32. The number of hydrogen-bond donors (Lipinski definition) is 1. The third-order valence-electron chi connectivity index (χ3n) is 10.2. The van der Waals surface area contributed by atoms with E-state index in [-0.39, 0.29) is 0 Å². The molecule has 0 aromatic heterocycles. The van der Waals surface area contributed by atoms with Gasteiger partial charge in [0.1, 0.15) is 0 Å². The zero-order valence-electron chi connectivity index (χ0n) is 26.9. The molecule has 8 aromatic rings. The van der Waals surface area contributed by atoms with Crippen LogP contribution in [0.15, 0.2) is 170 Å². The lowest BCUT2D eigenvalue weighted by molar-refractivity contribution is 1.27. The van der Waals surface area contributed by atoms with E-state index in [4.69, 9.17) is 0 Å². The first kappa shape index (κ1) is 27.7. The first-order valence-corrected chi connectivity index (χ1v) is 17.0. The summed E-state index contributed by atoms with van der Waals surface area (Å²) in [6, 6.07) is 59.9. The largest absolute Gasteiger partial charge is 0.381 e. The van der Waals surface area contributed by atoms with Crippen LogP contribution in [0.1, 0.15) is 5.56 Å². The number of nitrogens with one attached hydrogen (secondary N) is 1. The number of hydrogen-bond acceptors (Lipinski definition) is 2. The molecule has 1 N–H and O–H groups in total. The molecule has 0 unspecified atom stereocenters. The van der Waals surface area contributed by atoms with Crippen LogP contribution in [0.2, 0.25) is 0 Å². The van der Waals surface area contributed by atoms with Gasteiger partial charge in [0.15, 0.2) is 0 Å². The van der Waals surface area contributed by atoms with Crippen LogP contribution in [0.3, 0.4) is 0 Å². The Morgan fingerprint density at radius 3 is 1.71 bits per heavy atom. The van der Waals surface area contributed by atoms with E-state index in [1.807, 2.05) is 0 Å². The first-order valence-electron chi connectivity index (χ1n) is 17.0. The summed E-state index contributed by atoms with van der Waals surface area (Å²) in [4.78, 5) is 2.42. The summed E-state index contributed by atoms with van der Waals surface area (Å²) in [5, 5.41) is 8.61. The van der Waals surface area contributed by atoms with Crippen molar-refractivity contribution in [3.63, 3.8) is 0 Å². The second-order valence-electron chi connectivity index (χ2n) is 12.9. The van der Waals surface area contributed by atoms with E-state index in [1.165, 1.54) is 83.0 Å². The van der Waals surface area contributed by atoms with Crippen LogP contribution in [0, 0.1) is 0 Å². The van der Waals surface area contributed by atoms with E-state index in [9.17, 15) is 0 Å². The molecule has 49 heavy (non-hydrogen) atoms. The van der Waals surface area contributed by atoms with Crippen molar-refractivity contribution in [3.05, 3.63) is 175 Å². The van der Waals surface area contributed by atoms with Gasteiger partial charge in [-0.25, -0.2) is 0 Å². The molecule has 8 aromatic carbocycles. The lowest BCUT2D eigenvalue weighted by atomic mass is 9.82. The van der Waals surface area contributed by atoms with Crippen LogP contribution in [-0.4, -0.2) is 6.54 Å². The van der Waals surface area contributed by atoms with Gasteiger partial charge in [-0.2, -0.15) is 0 Å². The predicted octanol–water partition coefficient (Wildman–Crippen LogP) is 12.9. The summed E-state index contributed by atoms with van der Waals surface area (Å²) in [6.07, 6.45) is 4.41. The normalized spacial score (nSPS) is 12.5. The quantitative estimate of drug-likeness (QED) is 0.205. The van der Waals surface area contributed by atoms with Crippen LogP contribution >= 0.6 is 0 Å². The zero-order valence-corrected chi connectivity index (χ0v) is 26.9. The number of nitrogens with zero attached hydrogens (tertiary/aromatic N) is 1. The van der Waals surface area contributed by atoms with Gasteiger partial charge in [0.25, 0.3) is 0 Å². The summed E-state index contributed by atoms with van der Waals surface area (Å²) in [7, 11) is 0. The standard InChI is InChI=1S/C47H32N2/c1-4-14-31(15-5-1)43-36-21-10-11-22-37(36)44(32-16-6-2-7-17-32)47-40-26-28-42(38-23-12-24-39(45(38)40)46(43)47)49(34-19-8-3-9-20-34)35-25-27-41-33(30-35)18-13-29-48-41/h1-28,30,48H,29H2. The number of fused-ring (bicyclic) bond motifs is 5. The molecule has 0 spiro atoms. The summed E-state index contributed by atoms with van der Waals surface area (Å²) >= 11 is 0. The highest BCUT2D eigenvalue weighted by molar-refractivity contribution is 6.29. The molecule has 0 fully saturated rings. The topological polar surface area (TPSA) is 15.3 Å². The summed E-state index contributed by atoms with van der Waals surface area (Å²) in [5.41, 5.74) is 16.1. The van der Waals surface area contributed by atoms with Crippen molar-refractivity contribution in [2.75, 3.05) is 16.8 Å². The molecule has 0 saturated carbocycles. The van der Waals surface area contributed by atoms with E-state index in [1.54, 1.807) is 0 Å². The Balaban J connectivity index is 1.31. The maximum absolute atomic E-state index is 3.52. The van der Waals surface area contributed by atoms with E-state index < -0.39 is 0 Å². The Morgan fingerprint density at radius 2 is 1.04 bits per heavy atom. The fourth-order valence-corrected chi connectivity index (χ4v) is 8.14. The van der Waals surface area contributed by atoms with Gasteiger partial charge < -0.3 is 10.2 Å². The Hall–Kier alpha value is -6.38. The highest BCUT2D eigenvalue weighted by Crippen LogP contribution is 2.59. The van der Waals surface area contributed by atoms with Crippen molar-refractivity contribution in [2.45, 2.75) is 0 Å². The van der Waals surface area contributed by atoms with Crippen LogP contribution in [-0.2, 0) is 0 Å². The molecule has 0 atom stereocenters. The van der Waals surface area contributed by atoms with Gasteiger partial charge in [0, 0.05) is 29.0 Å². The van der Waals surface area contributed by atoms with Crippen molar-refractivity contribution in [3.8, 4) is 44.5 Å². The average Bonchev–Trinajstić information content (AvgIpc) is 3.50. The Morgan fingerprint density at radius 1 is 0.449 bits per heavy atom. The van der Waals surface area contributed by atoms with Gasteiger partial charge in [-0.15, -0.1) is 0 Å². The maximum atomic E-state index is 3.52. The van der Waals surface area contributed by atoms with Gasteiger partial charge in [0.05, 0.1) is 5.69 Å². The van der Waals surface area contributed by atoms with Crippen LogP contribution in [0.4, 0.5) is 22.7 Å². The number of benzene rings is 8. The minimum Gasteiger partial charge on any atom is -0.381 e. The monoisotopic (exact) mass is 624 g/mol. The van der Waals surface area contributed by atoms with Crippen LogP contribution in [0.5, 0.6) is 0 Å². The van der Waals surface area contributed by atoms with Crippen molar-refractivity contribution in [1.29, 1.82) is 0 Å². The highest BCUT2D eigenvalue weighted by atomic mass is 15.1. The molecular weight excluding hydrogens is 593 g/mol. The van der Waals surface area contributed by atoms with Gasteiger partial charge in [0.2, 0.25) is 0 Å². The molecule has 0 saturated heterocycles. The Labute approximate surface area is 286 Å². The molecule has 10 rings (SSSR count). The van der Waals surface area contributed by atoms with E-state index in [0.29, 0.717) is 0 Å². The van der Waals surface area contributed by atoms with Crippen molar-refractivity contribution < 1.29 is 0 Å². The van der Waals surface area contributed by atoms with Gasteiger partial charge in [-0.3, -0.25) is 0 Å². The Kier molecular flexibility index (Phi) is 6.28. The predicted molar refractivity (Wildman–Crippen MR) is 209 cm³/mol. The summed E-state index contributed by atoms with van der Waals surface area (Å²) in [6.45, 7) is 0.856. The fourth-order valence-electron chi connectivity index (χ4n) is 8.14. The van der Waals surface area contributed by atoms with E-state index in [2.05, 4.69) is 186 Å². The molecule has 2 aliphatic rings. The number of para-hydroxylation sites is 1. The Bertz CT molecular complexity index is 2490. The third kappa shape index (κ3) is 4.28. The molecule has 230 valence electrons. The lowest BCUT2D eigenvalue weighted by Crippen LogP contribution is -2.12. The molecule has 1 aliphatic carbocycles. The van der Waals surface area contributed by atoms with Crippen molar-refractivity contribution in [2.24, 2.45) is 0 Å². The number of anilines is 4. The van der Waals surface area contributed by atoms with Crippen molar-refractivity contribution >= 4 is 50.4 Å². The van der Waals surface area contributed by atoms with Crippen LogP contribution < -0.4 is 10.2 Å².